The lowest BCUT2D eigenvalue weighted by Crippen LogP contribution is -2.48. The Kier molecular flexibility index (Phi) is 3.34. The largest absolute Gasteiger partial charge is 0.377 e. The number of methoxy groups -OCH3 is 1. The van der Waals surface area contributed by atoms with E-state index in [0.29, 0.717) is 0 Å². The molecule has 1 saturated heterocycles. The highest BCUT2D eigenvalue weighted by molar-refractivity contribution is 5.13. The Labute approximate surface area is 90.9 Å². The van der Waals surface area contributed by atoms with Crippen molar-refractivity contribution in [2.45, 2.75) is 24.9 Å². The summed E-state index contributed by atoms with van der Waals surface area (Å²) < 4.78 is 5.69. The molecular formula is C12H18N2O. The number of ether oxygens (including phenoxy) is 1. The van der Waals surface area contributed by atoms with Gasteiger partial charge in [-0.25, -0.2) is 0 Å². The van der Waals surface area contributed by atoms with Crippen LogP contribution < -0.4 is 5.32 Å². The Morgan fingerprint density at radius 1 is 1.60 bits per heavy atom. The number of nitrogens with one attached hydrogen (secondary N) is 1. The molecule has 1 aromatic heterocycles. The molecule has 1 aliphatic rings. The van der Waals surface area contributed by atoms with Gasteiger partial charge in [-0.15, -0.1) is 0 Å². The predicted octanol–water partition coefficient (Wildman–Crippen LogP) is 1.39. The van der Waals surface area contributed by atoms with Crippen molar-refractivity contribution >= 4 is 0 Å². The quantitative estimate of drug-likeness (QED) is 0.811. The highest BCUT2D eigenvalue weighted by Crippen LogP contribution is 2.24. The normalized spacial score (nSPS) is 26.5. The van der Waals surface area contributed by atoms with Gasteiger partial charge in [0, 0.05) is 32.5 Å². The Morgan fingerprint density at radius 3 is 3.13 bits per heavy atom. The van der Waals surface area contributed by atoms with Gasteiger partial charge in [0.15, 0.2) is 0 Å². The molecule has 3 nitrogen and oxygen atoms in total. The topological polar surface area (TPSA) is 34.1 Å². The number of aromatic nitrogens is 1. The Hall–Kier alpha value is -0.930. The third-order valence-electron chi connectivity index (χ3n) is 3.12. The van der Waals surface area contributed by atoms with Crippen LogP contribution in [0.1, 0.15) is 18.4 Å². The van der Waals surface area contributed by atoms with Gasteiger partial charge in [0.25, 0.3) is 0 Å². The molecule has 1 aromatic rings. The minimum Gasteiger partial charge on any atom is -0.377 e. The molecule has 1 N–H and O–H groups in total. The third-order valence-corrected chi connectivity index (χ3v) is 3.12. The molecule has 0 saturated carbocycles. The van der Waals surface area contributed by atoms with Crippen LogP contribution >= 0.6 is 0 Å². The molecule has 0 aliphatic carbocycles. The second-order valence-corrected chi connectivity index (χ2v) is 4.21. The summed E-state index contributed by atoms with van der Waals surface area (Å²) in [6, 6.07) is 4.09. The van der Waals surface area contributed by atoms with Crippen LogP contribution in [0.25, 0.3) is 0 Å². The number of hydrogen-bond acceptors (Lipinski definition) is 3. The first-order chi connectivity index (χ1) is 7.35. The average Bonchev–Trinajstić information content (AvgIpc) is 2.32. The summed E-state index contributed by atoms with van der Waals surface area (Å²) in [6.45, 7) is 2.05. The molecule has 1 fully saturated rings. The van der Waals surface area contributed by atoms with E-state index in [0.717, 1.165) is 25.9 Å². The van der Waals surface area contributed by atoms with Gasteiger partial charge in [-0.3, -0.25) is 4.98 Å². The van der Waals surface area contributed by atoms with Crippen molar-refractivity contribution in [1.29, 1.82) is 0 Å². The van der Waals surface area contributed by atoms with Crippen LogP contribution in [0.15, 0.2) is 24.5 Å². The second-order valence-electron chi connectivity index (χ2n) is 4.21. The van der Waals surface area contributed by atoms with E-state index in [-0.39, 0.29) is 5.60 Å². The predicted molar refractivity (Wildman–Crippen MR) is 59.8 cm³/mol. The van der Waals surface area contributed by atoms with Crippen molar-refractivity contribution in [3.8, 4) is 0 Å². The molecule has 0 radical (unpaired) electrons. The third kappa shape index (κ3) is 2.55. The van der Waals surface area contributed by atoms with Crippen LogP contribution in [0.2, 0.25) is 0 Å². The zero-order chi connectivity index (χ0) is 10.6. The summed E-state index contributed by atoms with van der Waals surface area (Å²) in [4.78, 5) is 4.14. The number of pyridine rings is 1. The summed E-state index contributed by atoms with van der Waals surface area (Å²) >= 11 is 0. The lowest BCUT2D eigenvalue weighted by atomic mass is 9.88. The number of hydrogen-bond donors (Lipinski definition) is 1. The van der Waals surface area contributed by atoms with E-state index in [1.807, 2.05) is 25.6 Å². The Balaban J connectivity index is 2.07. The van der Waals surface area contributed by atoms with Gasteiger partial charge < -0.3 is 10.1 Å². The minimum absolute atomic E-state index is 0.0265. The molecule has 0 aromatic carbocycles. The second kappa shape index (κ2) is 4.73. The average molecular weight is 206 g/mol. The van der Waals surface area contributed by atoms with E-state index in [1.165, 1.54) is 12.0 Å². The molecule has 2 rings (SSSR count). The molecule has 0 spiro atoms. The van der Waals surface area contributed by atoms with Crippen LogP contribution in [0.5, 0.6) is 0 Å². The summed E-state index contributed by atoms with van der Waals surface area (Å²) in [5.74, 6) is 0. The maximum absolute atomic E-state index is 5.69. The van der Waals surface area contributed by atoms with Gasteiger partial charge in [0.2, 0.25) is 0 Å². The molecule has 1 unspecified atom stereocenters. The summed E-state index contributed by atoms with van der Waals surface area (Å²) in [5, 5.41) is 3.40. The monoisotopic (exact) mass is 206 g/mol. The lowest BCUT2D eigenvalue weighted by Gasteiger charge is -2.36. The van der Waals surface area contributed by atoms with Gasteiger partial charge in [0.1, 0.15) is 0 Å². The minimum atomic E-state index is -0.0265. The van der Waals surface area contributed by atoms with Crippen LogP contribution in [0.3, 0.4) is 0 Å². The molecule has 2 heterocycles. The van der Waals surface area contributed by atoms with Crippen molar-refractivity contribution in [2.24, 2.45) is 0 Å². The van der Waals surface area contributed by atoms with E-state index < -0.39 is 0 Å². The summed E-state index contributed by atoms with van der Waals surface area (Å²) in [7, 11) is 1.81. The van der Waals surface area contributed by atoms with Gasteiger partial charge in [0.05, 0.1) is 5.60 Å². The lowest BCUT2D eigenvalue weighted by molar-refractivity contribution is -0.0278. The van der Waals surface area contributed by atoms with Crippen molar-refractivity contribution in [2.75, 3.05) is 20.2 Å². The van der Waals surface area contributed by atoms with E-state index >= 15 is 0 Å². The van der Waals surface area contributed by atoms with Crippen LogP contribution in [0.4, 0.5) is 0 Å². The van der Waals surface area contributed by atoms with E-state index in [1.54, 1.807) is 0 Å². The van der Waals surface area contributed by atoms with E-state index in [4.69, 9.17) is 4.74 Å². The molecule has 3 heteroatoms. The van der Waals surface area contributed by atoms with Gasteiger partial charge in [-0.1, -0.05) is 6.07 Å². The number of nitrogens with zero attached hydrogens (tertiary/aromatic N) is 1. The summed E-state index contributed by atoms with van der Waals surface area (Å²) in [6.07, 6.45) is 7.00. The summed E-state index contributed by atoms with van der Waals surface area (Å²) in [5.41, 5.74) is 1.23. The Bertz CT molecular complexity index is 294. The van der Waals surface area contributed by atoms with Gasteiger partial charge >= 0.3 is 0 Å². The van der Waals surface area contributed by atoms with Crippen LogP contribution in [-0.2, 0) is 11.2 Å². The molecule has 82 valence electrons. The van der Waals surface area contributed by atoms with Crippen LogP contribution in [-0.4, -0.2) is 30.8 Å². The first-order valence-electron chi connectivity index (χ1n) is 5.49. The fourth-order valence-electron chi connectivity index (χ4n) is 2.21. The van der Waals surface area contributed by atoms with Gasteiger partial charge in [-0.2, -0.15) is 0 Å². The zero-order valence-corrected chi connectivity index (χ0v) is 9.20. The molecule has 15 heavy (non-hydrogen) atoms. The maximum Gasteiger partial charge on any atom is 0.0843 e. The molecule has 1 atom stereocenters. The first kappa shape index (κ1) is 10.6. The molecule has 1 aliphatic heterocycles. The SMILES string of the molecule is COC1(Cc2cccnc2)CCCNC1. The highest BCUT2D eigenvalue weighted by Gasteiger charge is 2.31. The fourth-order valence-corrected chi connectivity index (χ4v) is 2.21. The van der Waals surface area contributed by atoms with Crippen molar-refractivity contribution in [3.63, 3.8) is 0 Å². The van der Waals surface area contributed by atoms with Crippen molar-refractivity contribution in [3.05, 3.63) is 30.1 Å². The van der Waals surface area contributed by atoms with E-state index in [9.17, 15) is 0 Å². The highest BCUT2D eigenvalue weighted by atomic mass is 16.5. The standard InChI is InChI=1S/C12H18N2O/c1-15-12(5-3-7-14-10-12)8-11-4-2-6-13-9-11/h2,4,6,9,14H,3,5,7-8,10H2,1H3. The fraction of sp³-hybridized carbons (Fsp3) is 0.583. The molecule has 0 bridgehead atoms. The Morgan fingerprint density at radius 2 is 2.53 bits per heavy atom. The zero-order valence-electron chi connectivity index (χ0n) is 9.20. The van der Waals surface area contributed by atoms with Crippen molar-refractivity contribution in [1.82, 2.24) is 10.3 Å². The molecular weight excluding hydrogens is 188 g/mol. The number of rotatable bonds is 3. The van der Waals surface area contributed by atoms with Crippen molar-refractivity contribution < 1.29 is 4.74 Å². The maximum atomic E-state index is 5.69. The van der Waals surface area contributed by atoms with Crippen LogP contribution in [0, 0.1) is 0 Å². The molecule has 0 amide bonds. The first-order valence-corrected chi connectivity index (χ1v) is 5.49. The number of piperidine rings is 1. The smallest absolute Gasteiger partial charge is 0.0843 e. The van der Waals surface area contributed by atoms with Gasteiger partial charge in [-0.05, 0) is 31.0 Å². The van der Waals surface area contributed by atoms with E-state index in [2.05, 4.69) is 16.4 Å².